The molecule has 1 spiro atoms. The summed E-state index contributed by atoms with van der Waals surface area (Å²) < 4.78 is 11.4. The molecule has 48 heavy (non-hydrogen) atoms. The number of ketones is 1. The number of benzene rings is 1. The zero-order chi connectivity index (χ0) is 34.7. The van der Waals surface area contributed by atoms with Crippen molar-refractivity contribution in [1.82, 2.24) is 25.2 Å². The van der Waals surface area contributed by atoms with Gasteiger partial charge in [-0.25, -0.2) is 9.78 Å². The third-order valence-electron chi connectivity index (χ3n) is 10.3. The molecule has 3 heterocycles. The largest absolute Gasteiger partial charge is 0.496 e. The van der Waals surface area contributed by atoms with Crippen molar-refractivity contribution in [2.45, 2.75) is 117 Å². The number of amides is 2. The molecule has 1 saturated carbocycles. The number of piperidine rings is 1. The van der Waals surface area contributed by atoms with Gasteiger partial charge in [-0.1, -0.05) is 32.8 Å². The van der Waals surface area contributed by atoms with Crippen molar-refractivity contribution in [3.63, 3.8) is 0 Å². The Labute approximate surface area is 284 Å². The van der Waals surface area contributed by atoms with E-state index in [1.165, 1.54) is 0 Å². The molecule has 260 valence electrons. The van der Waals surface area contributed by atoms with Crippen molar-refractivity contribution in [2.75, 3.05) is 20.2 Å². The van der Waals surface area contributed by atoms with Crippen LogP contribution in [0.25, 0.3) is 22.2 Å². The molecule has 1 aliphatic carbocycles. The topological polar surface area (TPSA) is 127 Å². The number of imidazole rings is 1. The lowest BCUT2D eigenvalue weighted by molar-refractivity contribution is -0.126. The van der Waals surface area contributed by atoms with Gasteiger partial charge in [-0.15, -0.1) is 0 Å². The smallest absolute Gasteiger partial charge is 0.410 e. The minimum atomic E-state index is -0.701. The summed E-state index contributed by atoms with van der Waals surface area (Å²) in [4.78, 5) is 53.5. The minimum Gasteiger partial charge on any atom is -0.496 e. The van der Waals surface area contributed by atoms with E-state index >= 15 is 0 Å². The van der Waals surface area contributed by atoms with E-state index in [2.05, 4.69) is 34.3 Å². The number of nitrogens with zero attached hydrogens (tertiary/aromatic N) is 3. The van der Waals surface area contributed by atoms with Gasteiger partial charge in [0.05, 0.1) is 30.1 Å². The molecule has 10 nitrogen and oxygen atoms in total. The van der Waals surface area contributed by atoms with E-state index < -0.39 is 11.1 Å². The Morgan fingerprint density at radius 3 is 2.50 bits per heavy atom. The molecule has 2 amide bonds. The van der Waals surface area contributed by atoms with Crippen molar-refractivity contribution in [3.05, 3.63) is 42.0 Å². The van der Waals surface area contributed by atoms with Gasteiger partial charge in [0, 0.05) is 54.6 Å². The summed E-state index contributed by atoms with van der Waals surface area (Å²) in [6.07, 6.45) is 9.04. The van der Waals surface area contributed by atoms with Crippen LogP contribution in [-0.2, 0) is 19.9 Å². The predicted molar refractivity (Wildman–Crippen MR) is 187 cm³/mol. The molecule has 0 radical (unpaired) electrons. The van der Waals surface area contributed by atoms with Crippen molar-refractivity contribution >= 4 is 28.7 Å². The second-order valence-electron chi connectivity index (χ2n) is 14.8. The first-order valence-electron chi connectivity index (χ1n) is 17.6. The maximum atomic E-state index is 14.1. The Morgan fingerprint density at radius 1 is 1.08 bits per heavy atom. The molecule has 3 aromatic rings. The van der Waals surface area contributed by atoms with Crippen LogP contribution in [0.15, 0.2) is 30.5 Å². The summed E-state index contributed by atoms with van der Waals surface area (Å²) in [7, 11) is 1.65. The Kier molecular flexibility index (Phi) is 10.5. The first-order chi connectivity index (χ1) is 22.8. The molecule has 2 aromatic heterocycles. The van der Waals surface area contributed by atoms with Gasteiger partial charge in [0.15, 0.2) is 0 Å². The van der Waals surface area contributed by atoms with Crippen LogP contribution in [-0.4, -0.2) is 63.4 Å². The van der Waals surface area contributed by atoms with E-state index in [1.54, 1.807) is 12.0 Å². The van der Waals surface area contributed by atoms with Gasteiger partial charge in [0.1, 0.15) is 23.0 Å². The molecule has 0 bridgehead atoms. The lowest BCUT2D eigenvalue weighted by Crippen LogP contribution is -2.48. The number of carbonyl (C=O) groups is 3. The maximum absolute atomic E-state index is 14.1. The number of likely N-dealkylation sites (tertiary alicyclic amines) is 1. The van der Waals surface area contributed by atoms with Gasteiger partial charge in [-0.2, -0.15) is 0 Å². The molecule has 2 N–H and O–H groups in total. The molecule has 2 fully saturated rings. The molecule has 1 aliphatic heterocycles. The zero-order valence-corrected chi connectivity index (χ0v) is 29.8. The quantitative estimate of drug-likeness (QED) is 0.181. The lowest BCUT2D eigenvalue weighted by Gasteiger charge is -2.35. The van der Waals surface area contributed by atoms with Gasteiger partial charge < -0.3 is 24.7 Å². The molecule has 1 unspecified atom stereocenters. The summed E-state index contributed by atoms with van der Waals surface area (Å²) in [5.74, 6) is 1.65. The Bertz CT molecular complexity index is 1630. The van der Waals surface area contributed by atoms with Crippen LogP contribution in [0, 0.1) is 18.3 Å². The molecule has 10 heteroatoms. The Morgan fingerprint density at radius 2 is 1.83 bits per heavy atom. The van der Waals surface area contributed by atoms with Crippen LogP contribution < -0.4 is 10.1 Å². The number of fused-ring (bicyclic) bond motifs is 1. The van der Waals surface area contributed by atoms with E-state index in [4.69, 9.17) is 14.5 Å². The number of unbranched alkanes of at least 4 members (excludes halogenated alkanes) is 2. The fourth-order valence-corrected chi connectivity index (χ4v) is 7.16. The number of ether oxygens (including phenoxy) is 2. The van der Waals surface area contributed by atoms with E-state index in [1.807, 2.05) is 52.9 Å². The van der Waals surface area contributed by atoms with Gasteiger partial charge in [0.25, 0.3) is 0 Å². The molecule has 1 aromatic carbocycles. The predicted octanol–water partition coefficient (Wildman–Crippen LogP) is 7.63. The molecule has 2 aliphatic rings. The van der Waals surface area contributed by atoms with E-state index in [9.17, 15) is 14.4 Å². The molecular formula is C38H53N5O5. The van der Waals surface area contributed by atoms with Gasteiger partial charge in [0.2, 0.25) is 5.91 Å². The number of hydrogen-bond acceptors (Lipinski definition) is 7. The number of pyridine rings is 1. The first kappa shape index (κ1) is 35.4. The summed E-state index contributed by atoms with van der Waals surface area (Å²) >= 11 is 0. The average molecular weight is 660 g/mol. The van der Waals surface area contributed by atoms with E-state index in [0.29, 0.717) is 44.5 Å². The first-order valence-corrected chi connectivity index (χ1v) is 17.6. The van der Waals surface area contributed by atoms with Gasteiger partial charge in [-0.05, 0) is 83.8 Å². The van der Waals surface area contributed by atoms with Crippen LogP contribution in [0.2, 0.25) is 0 Å². The highest BCUT2D eigenvalue weighted by atomic mass is 16.6. The summed E-state index contributed by atoms with van der Waals surface area (Å²) in [6, 6.07) is 8.06. The fraction of sp³-hybridized carbons (Fsp3) is 0.605. The summed E-state index contributed by atoms with van der Waals surface area (Å²) in [6.45, 7) is 12.8. The highest BCUT2D eigenvalue weighted by Crippen LogP contribution is 2.59. The third kappa shape index (κ3) is 7.84. The molecule has 5 rings (SSSR count). The Hall–Kier alpha value is -3.95. The second-order valence-corrected chi connectivity index (χ2v) is 14.8. The molecule has 2 atom stereocenters. The highest BCUT2D eigenvalue weighted by Gasteiger charge is 2.59. The summed E-state index contributed by atoms with van der Waals surface area (Å²) in [5, 5.41) is 4.49. The number of carbonyl (C=O) groups excluding carboxylic acids is 3. The van der Waals surface area contributed by atoms with Crippen molar-refractivity contribution in [1.29, 1.82) is 0 Å². The van der Waals surface area contributed by atoms with Crippen molar-refractivity contribution < 1.29 is 23.9 Å². The van der Waals surface area contributed by atoms with Crippen molar-refractivity contribution in [3.8, 4) is 17.0 Å². The van der Waals surface area contributed by atoms with Crippen LogP contribution >= 0.6 is 0 Å². The Balaban J connectivity index is 1.35. The van der Waals surface area contributed by atoms with Crippen LogP contribution in [0.3, 0.4) is 0 Å². The maximum Gasteiger partial charge on any atom is 0.410 e. The summed E-state index contributed by atoms with van der Waals surface area (Å²) in [5.41, 5.74) is 2.17. The van der Waals surface area contributed by atoms with E-state index in [-0.39, 0.29) is 29.1 Å². The van der Waals surface area contributed by atoms with Crippen LogP contribution in [0.1, 0.15) is 110 Å². The third-order valence-corrected chi connectivity index (χ3v) is 10.3. The van der Waals surface area contributed by atoms with Crippen LogP contribution in [0.5, 0.6) is 5.75 Å². The van der Waals surface area contributed by atoms with Gasteiger partial charge in [-0.3, -0.25) is 14.6 Å². The lowest BCUT2D eigenvalue weighted by atomic mass is 9.86. The normalized spacial score (nSPS) is 18.4. The van der Waals surface area contributed by atoms with Gasteiger partial charge >= 0.3 is 6.09 Å². The monoisotopic (exact) mass is 659 g/mol. The van der Waals surface area contributed by atoms with Crippen LogP contribution in [0.4, 0.5) is 4.79 Å². The second kappa shape index (κ2) is 14.3. The fourth-order valence-electron chi connectivity index (χ4n) is 7.16. The number of aromatic amines is 1. The number of aromatic nitrogens is 3. The number of aryl methyl sites for hydroxylation is 1. The standard InChI is InChI=1S/C38H53N5O5/c1-8-27(44)13-11-10-12-16-38(9-2,42-33(45)29-23-37(29)17-19-43(20-18-37)35(46)48-36(4,5)6)34-39-24-31(41-34)28-21-26-15-14-25(3)40-30(26)22-32(28)47-7/h14-15,21-22,24,29H,8-13,16-20,23H2,1-7H3,(H,39,41)(H,42,45)/t29-,38?/m1/s1. The zero-order valence-electron chi connectivity index (χ0n) is 29.8. The minimum absolute atomic E-state index is 0.0476. The number of methoxy groups -OCH3 is 1. The van der Waals surface area contributed by atoms with E-state index in [0.717, 1.165) is 72.2 Å². The molecule has 1 saturated heterocycles. The van der Waals surface area contributed by atoms with Crippen molar-refractivity contribution in [2.24, 2.45) is 11.3 Å². The SMILES string of the molecule is CCC(=O)CCCCCC(CC)(NC(=O)[C@H]1CC12CCN(C(=O)OC(C)(C)C)CC2)c1ncc(-c2cc3ccc(C)nc3cc2OC)[nH]1. The number of rotatable bonds is 13. The number of hydrogen-bond donors (Lipinski definition) is 2. The average Bonchev–Trinajstić information content (AvgIpc) is 3.51. The number of Topliss-reactive ketones (excluding diaryl/α,β-unsaturated/α-hetero) is 1. The molecular weight excluding hydrogens is 606 g/mol. The number of nitrogens with one attached hydrogen (secondary N) is 2. The number of H-pyrrole nitrogens is 1. The highest BCUT2D eigenvalue weighted by molar-refractivity contribution is 5.88.